The van der Waals surface area contributed by atoms with Gasteiger partial charge in [-0.3, -0.25) is 9.79 Å². The highest BCUT2D eigenvalue weighted by atomic mass is 32.2. The molecule has 0 bridgehead atoms. The van der Waals surface area contributed by atoms with E-state index in [-0.39, 0.29) is 5.91 Å². The van der Waals surface area contributed by atoms with Crippen molar-refractivity contribution in [3.63, 3.8) is 0 Å². The van der Waals surface area contributed by atoms with Crippen LogP contribution in [0.3, 0.4) is 0 Å². The van der Waals surface area contributed by atoms with E-state index in [9.17, 15) is 4.79 Å². The minimum absolute atomic E-state index is 0.0392. The van der Waals surface area contributed by atoms with Crippen LogP contribution in [0.4, 0.5) is 17.1 Å². The summed E-state index contributed by atoms with van der Waals surface area (Å²) in [6.07, 6.45) is 1.58. The molecule has 4 rings (SSSR count). The van der Waals surface area contributed by atoms with Crippen LogP contribution in [0.15, 0.2) is 88.8 Å². The fourth-order valence-corrected chi connectivity index (χ4v) is 3.98. The van der Waals surface area contributed by atoms with Gasteiger partial charge in [0.15, 0.2) is 0 Å². The first kappa shape index (κ1) is 20.1. The van der Waals surface area contributed by atoms with Gasteiger partial charge in [-0.15, -0.1) is 11.8 Å². The number of hydrogen-bond acceptors (Lipinski definition) is 4. The lowest BCUT2D eigenvalue weighted by molar-refractivity contribution is -0.113. The Labute approximate surface area is 181 Å². The van der Waals surface area contributed by atoms with Gasteiger partial charge in [0.2, 0.25) is 5.91 Å². The summed E-state index contributed by atoms with van der Waals surface area (Å²) < 4.78 is 0. The normalized spacial score (nSPS) is 13.0. The highest BCUT2D eigenvalue weighted by Gasteiger charge is 2.16. The van der Waals surface area contributed by atoms with Crippen LogP contribution in [0, 0.1) is 0 Å². The monoisotopic (exact) mass is 413 g/mol. The van der Waals surface area contributed by atoms with Crippen molar-refractivity contribution in [2.24, 2.45) is 9.98 Å². The molecule has 4 nitrogen and oxygen atoms in total. The molecule has 1 amide bonds. The SMILES string of the molecule is CCc1ccc(NC(=O)CSC2=Nc3ccccc3N=C(c3ccccc3)C2)cc1. The molecule has 0 aromatic heterocycles. The van der Waals surface area contributed by atoms with E-state index in [0.29, 0.717) is 12.2 Å². The number of thioether (sulfide) groups is 1. The molecule has 3 aromatic carbocycles. The average Bonchev–Trinajstić information content (AvgIpc) is 2.98. The minimum atomic E-state index is -0.0392. The summed E-state index contributed by atoms with van der Waals surface area (Å²) in [5, 5.41) is 3.85. The van der Waals surface area contributed by atoms with Crippen molar-refractivity contribution in [3.8, 4) is 0 Å². The molecular weight excluding hydrogens is 390 g/mol. The molecule has 150 valence electrons. The molecule has 3 aromatic rings. The molecule has 1 aliphatic heterocycles. The second-order valence-corrected chi connectivity index (χ2v) is 8.03. The van der Waals surface area contributed by atoms with Gasteiger partial charge >= 0.3 is 0 Å². The van der Waals surface area contributed by atoms with Gasteiger partial charge in [-0.2, -0.15) is 0 Å². The number of fused-ring (bicyclic) bond motifs is 1. The number of carbonyl (C=O) groups is 1. The second-order valence-electron chi connectivity index (χ2n) is 6.98. The molecule has 0 fully saturated rings. The fraction of sp³-hybridized carbons (Fsp3) is 0.160. The lowest BCUT2D eigenvalue weighted by Crippen LogP contribution is -2.16. The van der Waals surface area contributed by atoms with E-state index in [1.807, 2.05) is 66.7 Å². The van der Waals surface area contributed by atoms with Gasteiger partial charge in [-0.1, -0.05) is 61.5 Å². The summed E-state index contributed by atoms with van der Waals surface area (Å²) in [4.78, 5) is 22.1. The maximum absolute atomic E-state index is 12.5. The number of nitrogens with one attached hydrogen (secondary N) is 1. The Morgan fingerprint density at radius 1 is 0.900 bits per heavy atom. The Morgan fingerprint density at radius 3 is 2.27 bits per heavy atom. The number of anilines is 1. The lowest BCUT2D eigenvalue weighted by atomic mass is 10.1. The van der Waals surface area contributed by atoms with E-state index in [1.54, 1.807) is 0 Å². The van der Waals surface area contributed by atoms with E-state index < -0.39 is 0 Å². The Balaban J connectivity index is 1.48. The molecular formula is C25H23N3OS. The van der Waals surface area contributed by atoms with Crippen LogP contribution in [0.5, 0.6) is 0 Å². The molecule has 5 heteroatoms. The highest BCUT2D eigenvalue weighted by molar-refractivity contribution is 8.14. The summed E-state index contributed by atoms with van der Waals surface area (Å²) >= 11 is 1.46. The van der Waals surface area contributed by atoms with Gasteiger partial charge in [0.25, 0.3) is 0 Å². The van der Waals surface area contributed by atoms with Crippen LogP contribution < -0.4 is 5.32 Å². The predicted octanol–water partition coefficient (Wildman–Crippen LogP) is 6.18. The fourth-order valence-electron chi connectivity index (χ4n) is 3.21. The van der Waals surface area contributed by atoms with E-state index in [0.717, 1.165) is 39.8 Å². The lowest BCUT2D eigenvalue weighted by Gasteiger charge is -2.08. The molecule has 1 heterocycles. The van der Waals surface area contributed by atoms with Crippen molar-refractivity contribution in [3.05, 3.63) is 90.0 Å². The first-order valence-electron chi connectivity index (χ1n) is 10.0. The van der Waals surface area contributed by atoms with Crippen molar-refractivity contribution < 1.29 is 4.79 Å². The Bertz CT molecular complexity index is 1090. The average molecular weight is 414 g/mol. The zero-order valence-electron chi connectivity index (χ0n) is 16.8. The van der Waals surface area contributed by atoms with Crippen molar-refractivity contribution in [1.29, 1.82) is 0 Å². The number of para-hydroxylation sites is 2. The van der Waals surface area contributed by atoms with Gasteiger partial charge in [-0.05, 0) is 41.8 Å². The zero-order chi connectivity index (χ0) is 20.8. The van der Waals surface area contributed by atoms with E-state index in [1.165, 1.54) is 17.3 Å². The molecule has 1 N–H and O–H groups in total. The smallest absolute Gasteiger partial charge is 0.234 e. The van der Waals surface area contributed by atoms with E-state index >= 15 is 0 Å². The molecule has 0 saturated carbocycles. The van der Waals surface area contributed by atoms with Crippen LogP contribution in [0.25, 0.3) is 0 Å². The van der Waals surface area contributed by atoms with Gasteiger partial charge in [0.1, 0.15) is 0 Å². The maximum atomic E-state index is 12.5. The Morgan fingerprint density at radius 2 is 1.57 bits per heavy atom. The van der Waals surface area contributed by atoms with Crippen molar-refractivity contribution in [2.75, 3.05) is 11.1 Å². The number of amides is 1. The number of nitrogens with zero attached hydrogens (tertiary/aromatic N) is 2. The Hall–Kier alpha value is -3.18. The van der Waals surface area contributed by atoms with Crippen LogP contribution in [0.1, 0.15) is 24.5 Å². The summed E-state index contributed by atoms with van der Waals surface area (Å²) in [6.45, 7) is 2.11. The summed E-state index contributed by atoms with van der Waals surface area (Å²) in [6, 6.07) is 26.0. The van der Waals surface area contributed by atoms with Gasteiger partial charge in [-0.25, -0.2) is 4.99 Å². The third kappa shape index (κ3) is 5.05. The van der Waals surface area contributed by atoms with Gasteiger partial charge < -0.3 is 5.32 Å². The largest absolute Gasteiger partial charge is 0.325 e. The number of benzene rings is 3. The van der Waals surface area contributed by atoms with Crippen molar-refractivity contribution >= 4 is 45.5 Å². The van der Waals surface area contributed by atoms with Crippen LogP contribution >= 0.6 is 11.8 Å². The molecule has 0 aliphatic carbocycles. The quantitative estimate of drug-likeness (QED) is 0.543. The first-order chi connectivity index (χ1) is 14.7. The first-order valence-corrected chi connectivity index (χ1v) is 11.0. The standard InChI is InChI=1S/C25H23N3OS/c1-2-18-12-14-20(15-13-18)26-24(29)17-30-25-16-23(19-8-4-3-5-9-19)27-21-10-6-7-11-22(21)28-25/h3-15H,2,16-17H2,1H3,(H,26,29). The number of aryl methyl sites for hydroxylation is 1. The summed E-state index contributed by atoms with van der Waals surface area (Å²) in [7, 11) is 0. The summed E-state index contributed by atoms with van der Waals surface area (Å²) in [5.41, 5.74) is 5.79. The third-order valence-corrected chi connectivity index (χ3v) is 5.80. The second kappa shape index (κ2) is 9.55. The molecule has 1 aliphatic rings. The van der Waals surface area contributed by atoms with Gasteiger partial charge in [0, 0.05) is 12.1 Å². The van der Waals surface area contributed by atoms with E-state index in [4.69, 9.17) is 9.98 Å². The van der Waals surface area contributed by atoms with Gasteiger partial charge in [0.05, 0.1) is 27.9 Å². The highest BCUT2D eigenvalue weighted by Crippen LogP contribution is 2.33. The zero-order valence-corrected chi connectivity index (χ0v) is 17.7. The van der Waals surface area contributed by atoms with Crippen LogP contribution in [-0.4, -0.2) is 22.4 Å². The van der Waals surface area contributed by atoms with Crippen molar-refractivity contribution in [1.82, 2.24) is 0 Å². The number of rotatable bonds is 5. The Kier molecular flexibility index (Phi) is 6.40. The predicted molar refractivity (Wildman–Crippen MR) is 128 cm³/mol. The molecule has 0 spiro atoms. The number of hydrogen-bond donors (Lipinski definition) is 1. The summed E-state index contributed by atoms with van der Waals surface area (Å²) in [5.74, 6) is 0.265. The molecule has 0 radical (unpaired) electrons. The van der Waals surface area contributed by atoms with Crippen molar-refractivity contribution in [2.45, 2.75) is 19.8 Å². The molecule has 0 saturated heterocycles. The minimum Gasteiger partial charge on any atom is -0.325 e. The molecule has 30 heavy (non-hydrogen) atoms. The molecule has 0 atom stereocenters. The number of aliphatic imine (C=N–C) groups is 2. The molecule has 0 unspecified atom stereocenters. The maximum Gasteiger partial charge on any atom is 0.234 e. The third-order valence-electron chi connectivity index (χ3n) is 4.82. The van der Waals surface area contributed by atoms with E-state index in [2.05, 4.69) is 24.4 Å². The van der Waals surface area contributed by atoms with Crippen LogP contribution in [-0.2, 0) is 11.2 Å². The van der Waals surface area contributed by atoms with Crippen LogP contribution in [0.2, 0.25) is 0 Å². The topological polar surface area (TPSA) is 53.8 Å². The number of carbonyl (C=O) groups excluding carboxylic acids is 1.